The first kappa shape index (κ1) is 19.0. The van der Waals surface area contributed by atoms with Gasteiger partial charge in [-0.1, -0.05) is 43.2 Å². The van der Waals surface area contributed by atoms with E-state index in [1.807, 2.05) is 23.1 Å². The molecular weight excluding hydrogens is 415 g/mol. The molecule has 1 saturated heterocycles. The van der Waals surface area contributed by atoms with Gasteiger partial charge in [0.15, 0.2) is 5.96 Å². The number of rotatable bonds is 5. The number of hydrogen-bond donors (Lipinski definition) is 2. The number of likely N-dealkylation sites (tertiary alicyclic amines) is 1. The van der Waals surface area contributed by atoms with Crippen LogP contribution in [0.1, 0.15) is 37.7 Å². The van der Waals surface area contributed by atoms with Crippen molar-refractivity contribution in [1.82, 2.24) is 10.2 Å². The third-order valence-electron chi connectivity index (χ3n) is 4.74. The standard InChI is InChI=1S/C18H26N4O.HI/c19-18(21-16-8-4-5-9-16)20-11-15-10-17(23)22(13-15)12-14-6-2-1-3-7-14;/h1-3,6-7,15-16H,4-5,8-13H2,(H3,19,20,21);1H. The van der Waals surface area contributed by atoms with Crippen molar-refractivity contribution in [1.29, 1.82) is 0 Å². The van der Waals surface area contributed by atoms with Gasteiger partial charge in [0.25, 0.3) is 0 Å². The minimum absolute atomic E-state index is 0. The number of benzene rings is 1. The number of carbonyl (C=O) groups excluding carboxylic acids is 1. The van der Waals surface area contributed by atoms with E-state index in [-0.39, 0.29) is 35.8 Å². The fraction of sp³-hybridized carbons (Fsp3) is 0.556. The van der Waals surface area contributed by atoms with Gasteiger partial charge in [-0.3, -0.25) is 9.79 Å². The molecule has 2 fully saturated rings. The Kier molecular flexibility index (Phi) is 7.33. The maximum Gasteiger partial charge on any atom is 0.223 e. The third-order valence-corrected chi connectivity index (χ3v) is 4.74. The number of hydrogen-bond acceptors (Lipinski definition) is 2. The Labute approximate surface area is 161 Å². The van der Waals surface area contributed by atoms with E-state index in [4.69, 9.17) is 5.73 Å². The molecular formula is C18H27IN4O. The minimum Gasteiger partial charge on any atom is -0.370 e. The van der Waals surface area contributed by atoms with Crippen molar-refractivity contribution in [3.8, 4) is 0 Å². The van der Waals surface area contributed by atoms with E-state index in [1.165, 1.54) is 31.2 Å². The number of guanidine groups is 1. The molecule has 1 saturated carbocycles. The van der Waals surface area contributed by atoms with Gasteiger partial charge in [0, 0.05) is 38.0 Å². The Morgan fingerprint density at radius 3 is 2.67 bits per heavy atom. The lowest BCUT2D eigenvalue weighted by Gasteiger charge is -2.16. The van der Waals surface area contributed by atoms with Gasteiger partial charge in [-0.25, -0.2) is 0 Å². The zero-order valence-electron chi connectivity index (χ0n) is 14.0. The minimum atomic E-state index is 0. The Balaban J connectivity index is 0.00000208. The van der Waals surface area contributed by atoms with Gasteiger partial charge >= 0.3 is 0 Å². The SMILES string of the molecule is I.NC(=NCC1CC(=O)N(Cc2ccccc2)C1)NC1CCCC1. The van der Waals surface area contributed by atoms with E-state index in [2.05, 4.69) is 22.4 Å². The maximum atomic E-state index is 12.1. The van der Waals surface area contributed by atoms with Crippen LogP contribution in [0.4, 0.5) is 0 Å². The second-order valence-electron chi connectivity index (χ2n) is 6.68. The molecule has 132 valence electrons. The number of nitrogens with two attached hydrogens (primary N) is 1. The molecule has 3 rings (SSSR count). The van der Waals surface area contributed by atoms with Gasteiger partial charge in [0.2, 0.25) is 5.91 Å². The van der Waals surface area contributed by atoms with Crippen molar-refractivity contribution in [3.63, 3.8) is 0 Å². The Bertz CT molecular complexity index is 557. The summed E-state index contributed by atoms with van der Waals surface area (Å²) in [6.07, 6.45) is 5.49. The predicted molar refractivity (Wildman–Crippen MR) is 107 cm³/mol. The molecule has 1 unspecified atom stereocenters. The largest absolute Gasteiger partial charge is 0.370 e. The first-order valence-corrected chi connectivity index (χ1v) is 8.59. The van der Waals surface area contributed by atoms with Gasteiger partial charge in [0.05, 0.1) is 0 Å². The smallest absolute Gasteiger partial charge is 0.223 e. The molecule has 1 aliphatic carbocycles. The highest BCUT2D eigenvalue weighted by Crippen LogP contribution is 2.21. The van der Waals surface area contributed by atoms with Crippen molar-refractivity contribution in [3.05, 3.63) is 35.9 Å². The Morgan fingerprint density at radius 1 is 1.25 bits per heavy atom. The molecule has 24 heavy (non-hydrogen) atoms. The van der Waals surface area contributed by atoms with Crippen LogP contribution in [0.2, 0.25) is 0 Å². The summed E-state index contributed by atoms with van der Waals surface area (Å²) in [5.74, 6) is 1.03. The van der Waals surface area contributed by atoms with Gasteiger partial charge in [-0.2, -0.15) is 0 Å². The average Bonchev–Trinajstić information content (AvgIpc) is 3.17. The molecule has 6 heteroatoms. The molecule has 1 amide bonds. The van der Waals surface area contributed by atoms with E-state index in [0.29, 0.717) is 31.5 Å². The van der Waals surface area contributed by atoms with Gasteiger partial charge in [-0.05, 0) is 18.4 Å². The molecule has 1 atom stereocenters. The van der Waals surface area contributed by atoms with Crippen molar-refractivity contribution >= 4 is 35.8 Å². The predicted octanol–water partition coefficient (Wildman–Crippen LogP) is 2.50. The maximum absolute atomic E-state index is 12.1. The van der Waals surface area contributed by atoms with Crippen LogP contribution in [-0.2, 0) is 11.3 Å². The molecule has 1 aromatic rings. The molecule has 0 spiro atoms. The number of halogens is 1. The molecule has 0 radical (unpaired) electrons. The van der Waals surface area contributed by atoms with E-state index in [0.717, 1.165) is 6.54 Å². The summed E-state index contributed by atoms with van der Waals surface area (Å²) in [6.45, 7) is 2.09. The summed E-state index contributed by atoms with van der Waals surface area (Å²) in [5, 5.41) is 3.29. The molecule has 0 bridgehead atoms. The van der Waals surface area contributed by atoms with Crippen molar-refractivity contribution < 1.29 is 4.79 Å². The normalized spacial score (nSPS) is 21.8. The average molecular weight is 442 g/mol. The van der Waals surface area contributed by atoms with Crippen LogP contribution in [0.3, 0.4) is 0 Å². The number of nitrogens with one attached hydrogen (secondary N) is 1. The first-order valence-electron chi connectivity index (χ1n) is 8.59. The Morgan fingerprint density at radius 2 is 1.96 bits per heavy atom. The lowest BCUT2D eigenvalue weighted by atomic mass is 10.1. The highest BCUT2D eigenvalue weighted by atomic mass is 127. The zero-order chi connectivity index (χ0) is 16.1. The monoisotopic (exact) mass is 442 g/mol. The summed E-state index contributed by atoms with van der Waals surface area (Å²) in [7, 11) is 0. The van der Waals surface area contributed by atoms with E-state index >= 15 is 0 Å². The Hall–Kier alpha value is -1.31. The second-order valence-corrected chi connectivity index (χ2v) is 6.68. The van der Waals surface area contributed by atoms with Gasteiger partial charge < -0.3 is 16.0 Å². The van der Waals surface area contributed by atoms with Crippen LogP contribution in [0.5, 0.6) is 0 Å². The zero-order valence-corrected chi connectivity index (χ0v) is 16.3. The fourth-order valence-corrected chi connectivity index (χ4v) is 3.49. The molecule has 5 nitrogen and oxygen atoms in total. The van der Waals surface area contributed by atoms with Crippen LogP contribution in [0, 0.1) is 5.92 Å². The summed E-state index contributed by atoms with van der Waals surface area (Å²) in [5.41, 5.74) is 7.14. The van der Waals surface area contributed by atoms with Gasteiger partial charge in [-0.15, -0.1) is 24.0 Å². The molecule has 3 N–H and O–H groups in total. The summed E-state index contributed by atoms with van der Waals surface area (Å²) < 4.78 is 0. The highest BCUT2D eigenvalue weighted by Gasteiger charge is 2.29. The number of carbonyl (C=O) groups is 1. The lowest BCUT2D eigenvalue weighted by molar-refractivity contribution is -0.128. The number of amides is 1. The summed E-state index contributed by atoms with van der Waals surface area (Å²) >= 11 is 0. The molecule has 1 aromatic carbocycles. The highest BCUT2D eigenvalue weighted by molar-refractivity contribution is 14.0. The first-order chi connectivity index (χ1) is 11.2. The van der Waals surface area contributed by atoms with Crippen LogP contribution in [0.25, 0.3) is 0 Å². The number of aliphatic imine (C=N–C) groups is 1. The topological polar surface area (TPSA) is 70.7 Å². The van der Waals surface area contributed by atoms with Crippen LogP contribution in [0.15, 0.2) is 35.3 Å². The third kappa shape index (κ3) is 5.36. The number of nitrogens with zero attached hydrogens (tertiary/aromatic N) is 2. The van der Waals surface area contributed by atoms with Crippen molar-refractivity contribution in [2.24, 2.45) is 16.6 Å². The molecule has 1 heterocycles. The van der Waals surface area contributed by atoms with Crippen molar-refractivity contribution in [2.45, 2.75) is 44.7 Å². The lowest BCUT2D eigenvalue weighted by Crippen LogP contribution is -2.38. The molecule has 1 aliphatic heterocycles. The van der Waals surface area contributed by atoms with Crippen LogP contribution >= 0.6 is 24.0 Å². The molecule has 2 aliphatic rings. The second kappa shape index (κ2) is 9.25. The van der Waals surface area contributed by atoms with Gasteiger partial charge in [0.1, 0.15) is 0 Å². The van der Waals surface area contributed by atoms with Crippen molar-refractivity contribution in [2.75, 3.05) is 13.1 Å². The fourth-order valence-electron chi connectivity index (χ4n) is 3.49. The van der Waals surface area contributed by atoms with E-state index in [1.54, 1.807) is 0 Å². The quantitative estimate of drug-likeness (QED) is 0.418. The van der Waals surface area contributed by atoms with Crippen LogP contribution < -0.4 is 11.1 Å². The molecule has 0 aromatic heterocycles. The summed E-state index contributed by atoms with van der Waals surface area (Å²) in [6, 6.07) is 10.6. The van der Waals surface area contributed by atoms with E-state index in [9.17, 15) is 4.79 Å². The van der Waals surface area contributed by atoms with E-state index < -0.39 is 0 Å². The summed E-state index contributed by atoms with van der Waals surface area (Å²) in [4.78, 5) is 18.5. The van der Waals surface area contributed by atoms with Crippen LogP contribution in [-0.4, -0.2) is 35.9 Å².